The summed E-state index contributed by atoms with van der Waals surface area (Å²) >= 11 is 8.35. The van der Waals surface area contributed by atoms with Crippen molar-refractivity contribution in [2.45, 2.75) is 6.92 Å². The second kappa shape index (κ2) is 7.79. The molecule has 0 spiro atoms. The smallest absolute Gasteiger partial charge is 0.266 e. The molecule has 0 unspecified atom stereocenters. The molecular formula is C20H13ClFN3OS2. The van der Waals surface area contributed by atoms with Crippen molar-refractivity contribution in [1.29, 1.82) is 0 Å². The van der Waals surface area contributed by atoms with E-state index in [4.69, 9.17) is 11.6 Å². The van der Waals surface area contributed by atoms with Gasteiger partial charge in [0.1, 0.15) is 5.82 Å². The lowest BCUT2D eigenvalue weighted by Gasteiger charge is -2.12. The van der Waals surface area contributed by atoms with Gasteiger partial charge in [-0.2, -0.15) is 10.1 Å². The zero-order chi connectivity index (χ0) is 19.7. The Hall–Kier alpha value is -2.61. The van der Waals surface area contributed by atoms with Gasteiger partial charge in [-0.05, 0) is 42.8 Å². The fourth-order valence-corrected chi connectivity index (χ4v) is 4.39. The molecule has 2 aromatic carbocycles. The molecule has 1 amide bonds. The van der Waals surface area contributed by atoms with E-state index in [-0.39, 0.29) is 11.7 Å². The molecule has 4 nitrogen and oxygen atoms in total. The van der Waals surface area contributed by atoms with E-state index in [1.807, 2.05) is 31.2 Å². The van der Waals surface area contributed by atoms with E-state index in [0.717, 1.165) is 11.1 Å². The fraction of sp³-hybridized carbons (Fsp3) is 0.0500. The Morgan fingerprint density at radius 2 is 1.93 bits per heavy atom. The molecule has 0 saturated heterocycles. The summed E-state index contributed by atoms with van der Waals surface area (Å²) in [4.78, 5) is 17.9. The Balaban J connectivity index is 1.75. The van der Waals surface area contributed by atoms with Gasteiger partial charge < -0.3 is 0 Å². The highest BCUT2D eigenvalue weighted by molar-refractivity contribution is 7.22. The number of halogens is 2. The number of carbonyl (C=O) groups excluding carboxylic acids is 1. The number of aryl methyl sites for hydroxylation is 1. The molecule has 0 atom stereocenters. The van der Waals surface area contributed by atoms with Crippen molar-refractivity contribution in [3.05, 3.63) is 80.8 Å². The Morgan fingerprint density at radius 1 is 1.14 bits per heavy atom. The second-order valence-electron chi connectivity index (χ2n) is 5.98. The first-order chi connectivity index (χ1) is 13.5. The van der Waals surface area contributed by atoms with Gasteiger partial charge in [0.2, 0.25) is 5.13 Å². The summed E-state index contributed by atoms with van der Waals surface area (Å²) in [6.07, 6.45) is 1.60. The number of aromatic nitrogens is 1. The molecule has 0 aliphatic heterocycles. The van der Waals surface area contributed by atoms with Crippen molar-refractivity contribution in [2.75, 3.05) is 5.01 Å². The van der Waals surface area contributed by atoms with Crippen molar-refractivity contribution >= 4 is 61.7 Å². The van der Waals surface area contributed by atoms with Crippen LogP contribution in [-0.2, 0) is 0 Å². The summed E-state index contributed by atoms with van der Waals surface area (Å²) in [6, 6.07) is 15.4. The fourth-order valence-electron chi connectivity index (χ4n) is 2.48. The number of thiazole rings is 1. The van der Waals surface area contributed by atoms with Crippen LogP contribution in [0.5, 0.6) is 0 Å². The zero-order valence-corrected chi connectivity index (χ0v) is 17.0. The van der Waals surface area contributed by atoms with E-state index in [1.165, 1.54) is 39.8 Å². The van der Waals surface area contributed by atoms with Crippen LogP contribution < -0.4 is 5.01 Å². The molecule has 0 aliphatic rings. The third-order valence-corrected chi connectivity index (χ3v) is 6.11. The number of anilines is 1. The van der Waals surface area contributed by atoms with Gasteiger partial charge in [0, 0.05) is 0 Å². The first kappa shape index (κ1) is 18.7. The van der Waals surface area contributed by atoms with Gasteiger partial charge in [-0.25, -0.2) is 9.37 Å². The third-order valence-electron chi connectivity index (χ3n) is 3.90. The number of hydrogen-bond acceptors (Lipinski definition) is 5. The number of benzene rings is 2. The predicted molar refractivity (Wildman–Crippen MR) is 114 cm³/mol. The SMILES string of the molecule is Cc1ccc(/C=N/N(C(=O)c2ccc(Cl)s2)c2nc3ccc(F)cc3s2)cc1. The highest BCUT2D eigenvalue weighted by Crippen LogP contribution is 2.32. The number of fused-ring (bicyclic) bond motifs is 1. The van der Waals surface area contributed by atoms with Gasteiger partial charge >= 0.3 is 0 Å². The predicted octanol–water partition coefficient (Wildman–Crippen LogP) is 6.14. The van der Waals surface area contributed by atoms with Crippen LogP contribution in [-0.4, -0.2) is 17.1 Å². The Morgan fingerprint density at radius 3 is 2.64 bits per heavy atom. The van der Waals surface area contributed by atoms with Gasteiger partial charge in [-0.3, -0.25) is 4.79 Å². The molecule has 4 rings (SSSR count). The number of amides is 1. The molecule has 140 valence electrons. The lowest BCUT2D eigenvalue weighted by molar-refractivity contribution is 0.0991. The van der Waals surface area contributed by atoms with Gasteiger partial charge in [0.15, 0.2) is 0 Å². The van der Waals surface area contributed by atoms with Crippen molar-refractivity contribution in [2.24, 2.45) is 5.10 Å². The lowest BCUT2D eigenvalue weighted by atomic mass is 10.2. The summed E-state index contributed by atoms with van der Waals surface area (Å²) in [5, 5.41) is 5.96. The van der Waals surface area contributed by atoms with Gasteiger partial charge in [-0.15, -0.1) is 11.3 Å². The van der Waals surface area contributed by atoms with Crippen LogP contribution in [0.3, 0.4) is 0 Å². The molecule has 4 aromatic rings. The molecule has 0 fully saturated rings. The van der Waals surface area contributed by atoms with E-state index in [0.29, 0.717) is 24.6 Å². The van der Waals surface area contributed by atoms with Crippen LogP contribution in [0.1, 0.15) is 20.8 Å². The summed E-state index contributed by atoms with van der Waals surface area (Å²) in [5.41, 5.74) is 2.58. The van der Waals surface area contributed by atoms with Crippen molar-refractivity contribution in [3.8, 4) is 0 Å². The van der Waals surface area contributed by atoms with Crippen molar-refractivity contribution < 1.29 is 9.18 Å². The maximum Gasteiger partial charge on any atom is 0.290 e. The van der Waals surface area contributed by atoms with Crippen molar-refractivity contribution in [1.82, 2.24) is 4.98 Å². The third kappa shape index (κ3) is 3.96. The average molecular weight is 430 g/mol. The Labute approximate surface area is 173 Å². The maximum absolute atomic E-state index is 13.5. The quantitative estimate of drug-likeness (QED) is 0.289. The van der Waals surface area contributed by atoms with Crippen LogP contribution in [0.15, 0.2) is 59.7 Å². The molecule has 28 heavy (non-hydrogen) atoms. The summed E-state index contributed by atoms with van der Waals surface area (Å²) in [7, 11) is 0. The van der Waals surface area contributed by atoms with Gasteiger partial charge in [-0.1, -0.05) is 52.8 Å². The number of rotatable bonds is 4. The number of carbonyl (C=O) groups is 1. The van der Waals surface area contributed by atoms with Gasteiger partial charge in [0.05, 0.1) is 25.6 Å². The zero-order valence-electron chi connectivity index (χ0n) is 14.6. The van der Waals surface area contributed by atoms with Crippen LogP contribution in [0, 0.1) is 12.7 Å². The Kier molecular flexibility index (Phi) is 5.21. The van der Waals surface area contributed by atoms with E-state index in [2.05, 4.69) is 10.1 Å². The molecule has 0 radical (unpaired) electrons. The number of hydrogen-bond donors (Lipinski definition) is 0. The van der Waals surface area contributed by atoms with Crippen LogP contribution >= 0.6 is 34.3 Å². The monoisotopic (exact) mass is 429 g/mol. The minimum absolute atomic E-state index is 0.347. The number of thiophene rings is 1. The second-order valence-corrected chi connectivity index (χ2v) is 8.71. The molecule has 0 aliphatic carbocycles. The molecule has 2 heterocycles. The first-order valence-corrected chi connectivity index (χ1v) is 10.3. The number of nitrogens with zero attached hydrogens (tertiary/aromatic N) is 3. The highest BCUT2D eigenvalue weighted by atomic mass is 35.5. The van der Waals surface area contributed by atoms with Crippen LogP contribution in [0.25, 0.3) is 10.2 Å². The average Bonchev–Trinajstić information content (AvgIpc) is 3.29. The van der Waals surface area contributed by atoms with Gasteiger partial charge in [0.25, 0.3) is 5.91 Å². The standard InChI is InChI=1S/C20H13ClFN3OS2/c1-12-2-4-13(5-3-12)11-23-25(19(26)16-8-9-18(21)27-16)20-24-15-7-6-14(22)10-17(15)28-20/h2-11H,1H3/b23-11+. The molecule has 2 aromatic heterocycles. The van der Waals surface area contributed by atoms with Crippen molar-refractivity contribution in [3.63, 3.8) is 0 Å². The summed E-state index contributed by atoms with van der Waals surface area (Å²) in [6.45, 7) is 2.00. The summed E-state index contributed by atoms with van der Waals surface area (Å²) in [5.74, 6) is -0.700. The Bertz CT molecular complexity index is 1180. The molecule has 8 heteroatoms. The van der Waals surface area contributed by atoms with E-state index >= 15 is 0 Å². The molecule has 0 saturated carbocycles. The highest BCUT2D eigenvalue weighted by Gasteiger charge is 2.22. The van der Waals surface area contributed by atoms with Crippen LogP contribution in [0.4, 0.5) is 9.52 Å². The molecular weight excluding hydrogens is 417 g/mol. The normalized spacial score (nSPS) is 11.4. The maximum atomic E-state index is 13.5. The summed E-state index contributed by atoms with van der Waals surface area (Å²) < 4.78 is 14.7. The number of hydrazone groups is 1. The van der Waals surface area contributed by atoms with E-state index < -0.39 is 0 Å². The minimum Gasteiger partial charge on any atom is -0.266 e. The van der Waals surface area contributed by atoms with E-state index in [9.17, 15) is 9.18 Å². The molecule has 0 bridgehead atoms. The topological polar surface area (TPSA) is 45.6 Å². The molecule has 0 N–H and O–H groups in total. The first-order valence-electron chi connectivity index (χ1n) is 8.26. The minimum atomic E-state index is -0.353. The van der Waals surface area contributed by atoms with E-state index in [1.54, 1.807) is 24.4 Å². The lowest BCUT2D eigenvalue weighted by Crippen LogP contribution is -2.24. The van der Waals surface area contributed by atoms with Crippen LogP contribution in [0.2, 0.25) is 4.34 Å². The largest absolute Gasteiger partial charge is 0.290 e.